The van der Waals surface area contributed by atoms with Crippen molar-refractivity contribution in [3.63, 3.8) is 0 Å². The predicted octanol–water partition coefficient (Wildman–Crippen LogP) is 4.91. The maximum atomic E-state index is 12.4. The molecule has 0 aliphatic carbocycles. The topological polar surface area (TPSA) is 66.9 Å². The number of carbonyl (C=O) groups excluding carboxylic acids is 1. The van der Waals surface area contributed by atoms with E-state index in [2.05, 4.69) is 52.6 Å². The van der Waals surface area contributed by atoms with Crippen molar-refractivity contribution in [3.05, 3.63) is 77.1 Å². The number of para-hydroxylation sites is 1. The molecule has 0 spiro atoms. The number of aryl methyl sites for hydroxylation is 3. The van der Waals surface area contributed by atoms with Crippen molar-refractivity contribution in [2.45, 2.75) is 33.6 Å². The van der Waals surface area contributed by atoms with Gasteiger partial charge in [0.2, 0.25) is 5.95 Å². The Kier molecular flexibility index (Phi) is 5.81. The van der Waals surface area contributed by atoms with Crippen LogP contribution in [-0.4, -0.2) is 15.9 Å². The molecule has 2 N–H and O–H groups in total. The number of aromatic nitrogens is 2. The van der Waals surface area contributed by atoms with Crippen molar-refractivity contribution in [1.82, 2.24) is 9.97 Å². The molecule has 0 bridgehead atoms. The van der Waals surface area contributed by atoms with Crippen LogP contribution in [0.5, 0.6) is 0 Å². The zero-order valence-electron chi connectivity index (χ0n) is 15.9. The standard InChI is InChI=1S/C22H24N4O/c1-4-16-7-6-8-17(5-2)20(16)26-22-23-13-18(14-24-22)21(27)25-19-11-9-15(3)10-12-19/h6-14H,4-5H2,1-3H3,(H,25,27)(H,23,24,26). The van der Waals surface area contributed by atoms with E-state index in [0.717, 1.165) is 29.8 Å². The van der Waals surface area contributed by atoms with Gasteiger partial charge in [-0.1, -0.05) is 49.7 Å². The molecule has 3 rings (SSSR count). The molecule has 0 saturated carbocycles. The van der Waals surface area contributed by atoms with E-state index >= 15 is 0 Å². The molecular formula is C22H24N4O. The Morgan fingerprint density at radius 3 is 2.07 bits per heavy atom. The fourth-order valence-corrected chi connectivity index (χ4v) is 2.86. The van der Waals surface area contributed by atoms with Gasteiger partial charge < -0.3 is 10.6 Å². The van der Waals surface area contributed by atoms with E-state index in [9.17, 15) is 4.79 Å². The average Bonchev–Trinajstić information content (AvgIpc) is 2.70. The third-order valence-corrected chi connectivity index (χ3v) is 4.46. The molecule has 0 aliphatic rings. The normalized spacial score (nSPS) is 10.5. The average molecular weight is 360 g/mol. The van der Waals surface area contributed by atoms with Gasteiger partial charge in [0.15, 0.2) is 0 Å². The van der Waals surface area contributed by atoms with Crippen LogP contribution in [-0.2, 0) is 12.8 Å². The van der Waals surface area contributed by atoms with Crippen molar-refractivity contribution in [1.29, 1.82) is 0 Å². The van der Waals surface area contributed by atoms with Gasteiger partial charge in [-0.15, -0.1) is 0 Å². The van der Waals surface area contributed by atoms with Crippen molar-refractivity contribution in [2.24, 2.45) is 0 Å². The van der Waals surface area contributed by atoms with Crippen LogP contribution in [0.3, 0.4) is 0 Å². The fourth-order valence-electron chi connectivity index (χ4n) is 2.86. The van der Waals surface area contributed by atoms with Crippen LogP contribution >= 0.6 is 0 Å². The Balaban J connectivity index is 1.74. The molecule has 1 heterocycles. The number of rotatable bonds is 6. The number of amides is 1. The summed E-state index contributed by atoms with van der Waals surface area (Å²) in [6.45, 7) is 6.25. The Morgan fingerprint density at radius 1 is 0.926 bits per heavy atom. The summed E-state index contributed by atoms with van der Waals surface area (Å²) in [5.74, 6) is 0.256. The Labute approximate surface area is 159 Å². The van der Waals surface area contributed by atoms with E-state index < -0.39 is 0 Å². The molecule has 0 unspecified atom stereocenters. The summed E-state index contributed by atoms with van der Waals surface area (Å²) in [4.78, 5) is 21.0. The van der Waals surface area contributed by atoms with E-state index in [0.29, 0.717) is 11.5 Å². The minimum atomic E-state index is -0.228. The molecule has 0 radical (unpaired) electrons. The Morgan fingerprint density at radius 2 is 1.52 bits per heavy atom. The molecule has 5 nitrogen and oxygen atoms in total. The highest BCUT2D eigenvalue weighted by molar-refractivity contribution is 6.03. The molecule has 3 aromatic rings. The molecule has 5 heteroatoms. The lowest BCUT2D eigenvalue weighted by atomic mass is 10.0. The summed E-state index contributed by atoms with van der Waals surface area (Å²) in [7, 11) is 0. The Bertz CT molecular complexity index is 896. The molecule has 138 valence electrons. The summed E-state index contributed by atoms with van der Waals surface area (Å²) in [6.07, 6.45) is 4.93. The van der Waals surface area contributed by atoms with Crippen LogP contribution in [0.4, 0.5) is 17.3 Å². The lowest BCUT2D eigenvalue weighted by Gasteiger charge is -2.14. The molecule has 0 fully saturated rings. The molecule has 0 aliphatic heterocycles. The number of carbonyl (C=O) groups is 1. The highest BCUT2D eigenvalue weighted by Gasteiger charge is 2.10. The first kappa shape index (κ1) is 18.6. The second kappa shape index (κ2) is 8.45. The number of anilines is 3. The second-order valence-corrected chi connectivity index (χ2v) is 6.40. The van der Waals surface area contributed by atoms with Crippen LogP contribution in [0, 0.1) is 6.92 Å². The van der Waals surface area contributed by atoms with Gasteiger partial charge in [-0.2, -0.15) is 0 Å². The summed E-state index contributed by atoms with van der Waals surface area (Å²) in [5, 5.41) is 6.16. The molecule has 27 heavy (non-hydrogen) atoms. The van der Waals surface area contributed by atoms with Crippen molar-refractivity contribution in [2.75, 3.05) is 10.6 Å². The highest BCUT2D eigenvalue weighted by atomic mass is 16.1. The van der Waals surface area contributed by atoms with E-state index in [-0.39, 0.29) is 5.91 Å². The minimum Gasteiger partial charge on any atom is -0.324 e. The minimum absolute atomic E-state index is 0.228. The lowest BCUT2D eigenvalue weighted by Crippen LogP contribution is -2.13. The molecule has 2 aromatic carbocycles. The number of benzene rings is 2. The van der Waals surface area contributed by atoms with Crippen LogP contribution in [0.15, 0.2) is 54.9 Å². The van der Waals surface area contributed by atoms with Crippen LogP contribution in [0.1, 0.15) is 40.9 Å². The first-order valence-electron chi connectivity index (χ1n) is 9.18. The van der Waals surface area contributed by atoms with Gasteiger partial charge in [0.25, 0.3) is 5.91 Å². The van der Waals surface area contributed by atoms with E-state index in [4.69, 9.17) is 0 Å². The molecule has 0 atom stereocenters. The highest BCUT2D eigenvalue weighted by Crippen LogP contribution is 2.25. The van der Waals surface area contributed by atoms with Gasteiger partial charge >= 0.3 is 0 Å². The van der Waals surface area contributed by atoms with Crippen LogP contribution in [0.25, 0.3) is 0 Å². The quantitative estimate of drug-likeness (QED) is 0.656. The van der Waals surface area contributed by atoms with E-state index in [1.807, 2.05) is 31.2 Å². The van der Waals surface area contributed by atoms with Gasteiger partial charge in [-0.05, 0) is 43.0 Å². The number of hydrogen-bond donors (Lipinski definition) is 2. The summed E-state index contributed by atoms with van der Waals surface area (Å²) in [6, 6.07) is 13.9. The maximum absolute atomic E-state index is 12.4. The second-order valence-electron chi connectivity index (χ2n) is 6.40. The van der Waals surface area contributed by atoms with Gasteiger partial charge in [0.1, 0.15) is 0 Å². The number of hydrogen-bond acceptors (Lipinski definition) is 4. The number of nitrogens with zero attached hydrogens (tertiary/aromatic N) is 2. The van der Waals surface area contributed by atoms with E-state index in [1.54, 1.807) is 12.4 Å². The van der Waals surface area contributed by atoms with E-state index in [1.165, 1.54) is 11.1 Å². The van der Waals surface area contributed by atoms with Crippen LogP contribution in [0.2, 0.25) is 0 Å². The molecule has 1 amide bonds. The largest absolute Gasteiger partial charge is 0.324 e. The third kappa shape index (κ3) is 4.50. The van der Waals surface area contributed by atoms with Gasteiger partial charge in [-0.3, -0.25) is 4.79 Å². The number of nitrogens with one attached hydrogen (secondary N) is 2. The predicted molar refractivity (Wildman–Crippen MR) is 110 cm³/mol. The zero-order valence-corrected chi connectivity index (χ0v) is 15.9. The summed E-state index contributed by atoms with van der Waals surface area (Å²) < 4.78 is 0. The molecule has 1 aromatic heterocycles. The van der Waals surface area contributed by atoms with Crippen molar-refractivity contribution < 1.29 is 4.79 Å². The summed E-state index contributed by atoms with van der Waals surface area (Å²) in [5.41, 5.74) is 5.81. The molecular weight excluding hydrogens is 336 g/mol. The SMILES string of the molecule is CCc1cccc(CC)c1Nc1ncc(C(=O)Nc2ccc(C)cc2)cn1. The van der Waals surface area contributed by atoms with Crippen LogP contribution < -0.4 is 10.6 Å². The maximum Gasteiger partial charge on any atom is 0.258 e. The van der Waals surface area contributed by atoms with Gasteiger partial charge in [0.05, 0.1) is 5.56 Å². The van der Waals surface area contributed by atoms with Crippen molar-refractivity contribution in [3.8, 4) is 0 Å². The fraction of sp³-hybridized carbons (Fsp3) is 0.227. The molecule has 0 saturated heterocycles. The van der Waals surface area contributed by atoms with Gasteiger partial charge in [0, 0.05) is 23.8 Å². The Hall–Kier alpha value is -3.21. The van der Waals surface area contributed by atoms with Gasteiger partial charge in [-0.25, -0.2) is 9.97 Å². The first-order chi connectivity index (χ1) is 13.1. The van der Waals surface area contributed by atoms with Crippen molar-refractivity contribution >= 4 is 23.2 Å². The monoisotopic (exact) mass is 360 g/mol. The zero-order chi connectivity index (χ0) is 19.2. The smallest absolute Gasteiger partial charge is 0.258 e. The lowest BCUT2D eigenvalue weighted by molar-refractivity contribution is 0.102. The summed E-state index contributed by atoms with van der Waals surface area (Å²) >= 11 is 0. The first-order valence-corrected chi connectivity index (χ1v) is 9.18. The third-order valence-electron chi connectivity index (χ3n) is 4.46.